The number of allylic oxidation sites excluding steroid dienone is 2. The number of phosphoric ester groups is 1. The molecule has 0 amide bonds. The van der Waals surface area contributed by atoms with Gasteiger partial charge in [-0.25, -0.2) is 0 Å². The van der Waals surface area contributed by atoms with Crippen molar-refractivity contribution in [3.05, 3.63) is 12.2 Å². The standard InChI is InChI=1S/C40H78NO8P/c1-6-8-10-12-14-16-18-19-20-21-23-25-27-29-31-33-40(43)49-38(37-48-50(44,45)47-35-34-41(3,4)5)36-46-39(42)32-30-28-26-24-22-17-15-13-11-9-7-2/h19-20,38H,6-18,21-37H2,1-5H3/b20-19+. The summed E-state index contributed by atoms with van der Waals surface area (Å²) in [5.74, 6) is -0.840. The molecule has 0 aliphatic rings. The van der Waals surface area contributed by atoms with Crippen molar-refractivity contribution in [2.45, 2.75) is 187 Å². The van der Waals surface area contributed by atoms with Crippen molar-refractivity contribution in [1.29, 1.82) is 0 Å². The lowest BCUT2D eigenvalue weighted by molar-refractivity contribution is -0.870. The van der Waals surface area contributed by atoms with Crippen molar-refractivity contribution in [2.75, 3.05) is 47.5 Å². The van der Waals surface area contributed by atoms with E-state index in [1.807, 2.05) is 21.1 Å². The molecule has 0 aromatic carbocycles. The maximum absolute atomic E-state index is 12.6. The monoisotopic (exact) mass is 732 g/mol. The third kappa shape index (κ3) is 36.5. The average Bonchev–Trinajstić information content (AvgIpc) is 3.06. The maximum atomic E-state index is 12.6. The Morgan fingerprint density at radius 3 is 1.48 bits per heavy atom. The number of nitrogens with zero attached hydrogens (tertiary/aromatic N) is 1. The van der Waals surface area contributed by atoms with Gasteiger partial charge in [0.2, 0.25) is 0 Å². The Bertz CT molecular complexity index is 876. The molecule has 0 aromatic heterocycles. The highest BCUT2D eigenvalue weighted by Crippen LogP contribution is 2.38. The van der Waals surface area contributed by atoms with Gasteiger partial charge in [0.05, 0.1) is 27.7 Å². The number of likely N-dealkylation sites (N-methyl/N-ethyl adjacent to an activating group) is 1. The molecule has 2 unspecified atom stereocenters. The number of rotatable bonds is 37. The molecule has 0 heterocycles. The summed E-state index contributed by atoms with van der Waals surface area (Å²) >= 11 is 0. The van der Waals surface area contributed by atoms with Crippen LogP contribution in [0.2, 0.25) is 0 Å². The van der Waals surface area contributed by atoms with Crippen LogP contribution in [0.15, 0.2) is 12.2 Å². The van der Waals surface area contributed by atoms with Crippen LogP contribution in [0.5, 0.6) is 0 Å². The number of ether oxygens (including phenoxy) is 2. The smallest absolute Gasteiger partial charge is 0.306 e. The van der Waals surface area contributed by atoms with Gasteiger partial charge in [-0.2, -0.15) is 0 Å². The summed E-state index contributed by atoms with van der Waals surface area (Å²) in [4.78, 5) is 37.3. The normalized spacial score (nSPS) is 13.8. The summed E-state index contributed by atoms with van der Waals surface area (Å²) in [6, 6.07) is 0. The molecule has 0 N–H and O–H groups in total. The Balaban J connectivity index is 4.40. The summed E-state index contributed by atoms with van der Waals surface area (Å²) in [7, 11) is 1.17. The summed E-state index contributed by atoms with van der Waals surface area (Å²) < 4.78 is 33.8. The first-order valence-electron chi connectivity index (χ1n) is 20.4. The van der Waals surface area contributed by atoms with E-state index in [2.05, 4.69) is 26.0 Å². The minimum atomic E-state index is -4.61. The second-order valence-corrected chi connectivity index (χ2v) is 16.4. The first kappa shape index (κ1) is 48.8. The molecule has 0 aliphatic heterocycles. The number of esters is 2. The van der Waals surface area contributed by atoms with Crippen molar-refractivity contribution in [2.24, 2.45) is 0 Å². The van der Waals surface area contributed by atoms with E-state index in [0.29, 0.717) is 17.4 Å². The van der Waals surface area contributed by atoms with Crippen LogP contribution in [0.25, 0.3) is 0 Å². The molecule has 9 nitrogen and oxygen atoms in total. The Morgan fingerprint density at radius 1 is 0.600 bits per heavy atom. The Morgan fingerprint density at radius 2 is 1.02 bits per heavy atom. The van der Waals surface area contributed by atoms with Crippen LogP contribution in [0.3, 0.4) is 0 Å². The lowest BCUT2D eigenvalue weighted by atomic mass is 10.1. The van der Waals surface area contributed by atoms with Crippen molar-refractivity contribution in [1.82, 2.24) is 0 Å². The van der Waals surface area contributed by atoms with Gasteiger partial charge >= 0.3 is 11.9 Å². The quantitative estimate of drug-likeness (QED) is 0.0204. The van der Waals surface area contributed by atoms with E-state index in [-0.39, 0.29) is 32.0 Å². The highest BCUT2D eigenvalue weighted by molar-refractivity contribution is 7.45. The predicted molar refractivity (Wildman–Crippen MR) is 204 cm³/mol. The zero-order valence-corrected chi connectivity index (χ0v) is 34.0. The first-order chi connectivity index (χ1) is 24.0. The van der Waals surface area contributed by atoms with Crippen LogP contribution in [0, 0.1) is 0 Å². The molecule has 0 fully saturated rings. The van der Waals surface area contributed by atoms with Crippen LogP contribution in [-0.2, 0) is 32.7 Å². The third-order valence-corrected chi connectivity index (χ3v) is 9.75. The van der Waals surface area contributed by atoms with Crippen molar-refractivity contribution in [3.8, 4) is 0 Å². The van der Waals surface area contributed by atoms with Gasteiger partial charge in [0.25, 0.3) is 7.82 Å². The molecule has 2 atom stereocenters. The highest BCUT2D eigenvalue weighted by Gasteiger charge is 2.21. The van der Waals surface area contributed by atoms with Crippen LogP contribution in [0.1, 0.15) is 181 Å². The predicted octanol–water partition coefficient (Wildman–Crippen LogP) is 10.4. The topological polar surface area (TPSA) is 111 Å². The minimum Gasteiger partial charge on any atom is -0.756 e. The number of carbonyl (C=O) groups is 2. The van der Waals surface area contributed by atoms with E-state index in [1.54, 1.807) is 0 Å². The van der Waals surface area contributed by atoms with E-state index in [0.717, 1.165) is 51.4 Å². The molecule has 296 valence electrons. The molecule has 0 aliphatic carbocycles. The zero-order chi connectivity index (χ0) is 37.2. The molecular formula is C40H78NO8P. The van der Waals surface area contributed by atoms with Crippen LogP contribution in [-0.4, -0.2) is 70.0 Å². The fourth-order valence-corrected chi connectivity index (χ4v) is 6.26. The maximum Gasteiger partial charge on any atom is 0.306 e. The van der Waals surface area contributed by atoms with Crippen LogP contribution < -0.4 is 4.89 Å². The summed E-state index contributed by atoms with van der Waals surface area (Å²) in [6.07, 6.45) is 32.3. The van der Waals surface area contributed by atoms with Gasteiger partial charge in [-0.05, 0) is 38.5 Å². The van der Waals surface area contributed by atoms with Gasteiger partial charge < -0.3 is 27.9 Å². The van der Waals surface area contributed by atoms with Gasteiger partial charge in [0, 0.05) is 12.8 Å². The van der Waals surface area contributed by atoms with E-state index in [9.17, 15) is 19.0 Å². The third-order valence-electron chi connectivity index (χ3n) is 8.79. The summed E-state index contributed by atoms with van der Waals surface area (Å²) in [5, 5.41) is 0. The van der Waals surface area contributed by atoms with Crippen molar-refractivity contribution < 1.29 is 42.1 Å². The van der Waals surface area contributed by atoms with Crippen LogP contribution in [0.4, 0.5) is 0 Å². The molecular weight excluding hydrogens is 653 g/mol. The van der Waals surface area contributed by atoms with Gasteiger partial charge in [-0.1, -0.05) is 142 Å². The fraction of sp³-hybridized carbons (Fsp3) is 0.900. The Hall–Kier alpha value is -1.25. The number of carbonyl (C=O) groups excluding carboxylic acids is 2. The molecule has 0 rings (SSSR count). The Labute approximate surface area is 307 Å². The number of unbranched alkanes of at least 4 members (excludes halogenated alkanes) is 21. The zero-order valence-electron chi connectivity index (χ0n) is 33.1. The number of hydrogen-bond acceptors (Lipinski definition) is 8. The number of quaternary nitrogens is 1. The SMILES string of the molecule is CCCCCCCC/C=C/CCCCCCCC(=O)OC(COC(=O)CCCCCCCCCCCCC)COP(=O)([O-])OCC[N+](C)(C)C. The number of phosphoric acid groups is 1. The van der Waals surface area contributed by atoms with E-state index in [4.69, 9.17) is 18.5 Å². The van der Waals surface area contributed by atoms with Gasteiger partial charge in [0.1, 0.15) is 19.8 Å². The minimum absolute atomic E-state index is 0.0296. The molecule has 0 radical (unpaired) electrons. The summed E-state index contributed by atoms with van der Waals surface area (Å²) in [6.45, 7) is 4.20. The average molecular weight is 732 g/mol. The summed E-state index contributed by atoms with van der Waals surface area (Å²) in [5.41, 5.74) is 0. The largest absolute Gasteiger partial charge is 0.756 e. The lowest BCUT2D eigenvalue weighted by Crippen LogP contribution is -2.37. The first-order valence-corrected chi connectivity index (χ1v) is 21.9. The van der Waals surface area contributed by atoms with Gasteiger partial charge in [-0.15, -0.1) is 0 Å². The molecule has 0 aromatic rings. The van der Waals surface area contributed by atoms with Crippen LogP contribution >= 0.6 is 7.82 Å². The fourth-order valence-electron chi connectivity index (χ4n) is 5.53. The highest BCUT2D eigenvalue weighted by atomic mass is 31.2. The lowest BCUT2D eigenvalue weighted by Gasteiger charge is -2.28. The van der Waals surface area contributed by atoms with E-state index in [1.165, 1.54) is 96.3 Å². The van der Waals surface area contributed by atoms with E-state index < -0.39 is 26.5 Å². The molecule has 0 bridgehead atoms. The Kier molecular flexibility index (Phi) is 32.7. The number of hydrogen-bond donors (Lipinski definition) is 0. The molecule has 0 saturated heterocycles. The molecule has 50 heavy (non-hydrogen) atoms. The van der Waals surface area contributed by atoms with E-state index >= 15 is 0 Å². The molecule has 0 saturated carbocycles. The molecule has 10 heteroatoms. The molecule has 0 spiro atoms. The second-order valence-electron chi connectivity index (χ2n) is 15.0. The van der Waals surface area contributed by atoms with Gasteiger partial charge in [0.15, 0.2) is 6.10 Å². The van der Waals surface area contributed by atoms with Crippen molar-refractivity contribution in [3.63, 3.8) is 0 Å². The van der Waals surface area contributed by atoms with Crippen molar-refractivity contribution >= 4 is 19.8 Å². The second kappa shape index (κ2) is 33.6. The van der Waals surface area contributed by atoms with Gasteiger partial charge in [-0.3, -0.25) is 14.2 Å².